The lowest BCUT2D eigenvalue weighted by molar-refractivity contribution is -0.869. The van der Waals surface area contributed by atoms with Crippen molar-refractivity contribution in [1.82, 2.24) is 4.90 Å². The number of likely N-dealkylation sites (tertiary alicyclic amines) is 1. The highest BCUT2D eigenvalue weighted by Crippen LogP contribution is 2.59. The second kappa shape index (κ2) is 4.59. The minimum absolute atomic E-state index is 0.0184. The SMILES string of the molecule is C[N+](C)(C)CCN1C(=O)C2C3CC(C(Cl)C3Cl)C2C1=O. The third kappa shape index (κ3) is 1.99. The number of amides is 2. The molecule has 6 unspecified atom stereocenters. The van der Waals surface area contributed by atoms with E-state index in [2.05, 4.69) is 21.1 Å². The highest BCUT2D eigenvalue weighted by atomic mass is 35.5. The summed E-state index contributed by atoms with van der Waals surface area (Å²) < 4.78 is 0.732. The van der Waals surface area contributed by atoms with Gasteiger partial charge in [-0.1, -0.05) is 0 Å². The van der Waals surface area contributed by atoms with Crippen LogP contribution in [0.4, 0.5) is 0 Å². The van der Waals surface area contributed by atoms with Crippen molar-refractivity contribution in [3.05, 3.63) is 0 Å². The lowest BCUT2D eigenvalue weighted by atomic mass is 9.80. The number of carbonyl (C=O) groups is 2. The molecule has 0 radical (unpaired) electrons. The topological polar surface area (TPSA) is 37.4 Å². The molecule has 1 heterocycles. The van der Waals surface area contributed by atoms with Crippen molar-refractivity contribution < 1.29 is 14.1 Å². The second-order valence-electron chi connectivity index (χ2n) is 7.35. The number of imide groups is 1. The number of halogens is 2. The third-order valence-electron chi connectivity index (χ3n) is 5.07. The Morgan fingerprint density at radius 2 is 1.50 bits per heavy atom. The van der Waals surface area contributed by atoms with Crippen LogP contribution in [-0.4, -0.2) is 66.2 Å². The van der Waals surface area contributed by atoms with E-state index in [4.69, 9.17) is 23.2 Å². The summed E-state index contributed by atoms with van der Waals surface area (Å²) in [6.45, 7) is 1.26. The number of hydrogen-bond donors (Lipinski definition) is 0. The number of rotatable bonds is 3. The maximum absolute atomic E-state index is 12.6. The Bertz CT molecular complexity index is 431. The molecule has 0 aromatic heterocycles. The van der Waals surface area contributed by atoms with Gasteiger partial charge in [0.05, 0.1) is 56.8 Å². The van der Waals surface area contributed by atoms with E-state index in [0.29, 0.717) is 6.54 Å². The van der Waals surface area contributed by atoms with Crippen molar-refractivity contribution >= 4 is 35.0 Å². The Labute approximate surface area is 129 Å². The minimum Gasteiger partial charge on any atom is -0.329 e. The minimum atomic E-state index is -0.211. The van der Waals surface area contributed by atoms with Crippen LogP contribution in [-0.2, 0) is 9.59 Å². The standard InChI is InChI=1S/C14H21Cl2N2O2/c1-18(2,3)5-4-17-13(19)9-7-6-8(10(9)14(17)20)12(16)11(7)15/h7-12H,4-6H2,1-3H3/q+1. The van der Waals surface area contributed by atoms with E-state index in [9.17, 15) is 9.59 Å². The predicted octanol–water partition coefficient (Wildman–Crippen LogP) is 1.16. The summed E-state index contributed by atoms with van der Waals surface area (Å²) in [6, 6.07) is 0. The molecular weight excluding hydrogens is 299 g/mol. The van der Waals surface area contributed by atoms with Gasteiger partial charge in [-0.15, -0.1) is 23.2 Å². The van der Waals surface area contributed by atoms with Gasteiger partial charge in [-0.3, -0.25) is 14.5 Å². The molecule has 2 saturated carbocycles. The quantitative estimate of drug-likeness (QED) is 0.445. The van der Waals surface area contributed by atoms with Gasteiger partial charge in [0.1, 0.15) is 0 Å². The van der Waals surface area contributed by atoms with Gasteiger partial charge < -0.3 is 4.48 Å². The molecule has 4 nitrogen and oxygen atoms in total. The lowest BCUT2D eigenvalue weighted by Crippen LogP contribution is -2.44. The van der Waals surface area contributed by atoms with Crippen LogP contribution in [0.5, 0.6) is 0 Å². The smallest absolute Gasteiger partial charge is 0.233 e. The van der Waals surface area contributed by atoms with Crippen LogP contribution in [0.2, 0.25) is 0 Å². The van der Waals surface area contributed by atoms with Crippen LogP contribution in [0.25, 0.3) is 0 Å². The van der Waals surface area contributed by atoms with Crippen LogP contribution in [0.3, 0.4) is 0 Å². The summed E-state index contributed by atoms with van der Waals surface area (Å²) in [5.41, 5.74) is 0. The zero-order chi connectivity index (χ0) is 14.8. The van der Waals surface area contributed by atoms with Crippen LogP contribution in [0.1, 0.15) is 6.42 Å². The largest absolute Gasteiger partial charge is 0.329 e. The summed E-state index contributed by atoms with van der Waals surface area (Å²) in [6.07, 6.45) is 0.832. The molecule has 2 amide bonds. The fourth-order valence-corrected chi connectivity index (χ4v) is 4.92. The first-order valence-corrected chi connectivity index (χ1v) is 8.03. The second-order valence-corrected chi connectivity index (χ2v) is 8.35. The maximum Gasteiger partial charge on any atom is 0.233 e. The van der Waals surface area contributed by atoms with Gasteiger partial charge in [-0.05, 0) is 18.3 Å². The number of likely N-dealkylation sites (N-methyl/N-ethyl adjacent to an activating group) is 1. The van der Waals surface area contributed by atoms with Crippen LogP contribution in [0, 0.1) is 23.7 Å². The summed E-state index contributed by atoms with van der Waals surface area (Å²) >= 11 is 12.6. The third-order valence-corrected chi connectivity index (χ3v) is 6.39. The molecule has 20 heavy (non-hydrogen) atoms. The Morgan fingerprint density at radius 3 is 1.90 bits per heavy atom. The van der Waals surface area contributed by atoms with Crippen molar-refractivity contribution in [2.24, 2.45) is 23.7 Å². The van der Waals surface area contributed by atoms with E-state index in [0.717, 1.165) is 17.4 Å². The summed E-state index contributed by atoms with van der Waals surface area (Å²) in [7, 11) is 6.16. The van der Waals surface area contributed by atoms with Crippen molar-refractivity contribution in [2.45, 2.75) is 17.2 Å². The molecule has 0 spiro atoms. The summed E-state index contributed by atoms with van der Waals surface area (Å²) in [4.78, 5) is 26.6. The highest BCUT2D eigenvalue weighted by Gasteiger charge is 2.66. The Morgan fingerprint density at radius 1 is 1.05 bits per heavy atom. The molecule has 6 heteroatoms. The maximum atomic E-state index is 12.6. The molecule has 0 N–H and O–H groups in total. The molecule has 0 aromatic rings. The predicted molar refractivity (Wildman–Crippen MR) is 77.5 cm³/mol. The molecule has 1 aliphatic heterocycles. The van der Waals surface area contributed by atoms with Crippen LogP contribution >= 0.6 is 23.2 Å². The molecule has 6 atom stereocenters. The monoisotopic (exact) mass is 319 g/mol. The highest BCUT2D eigenvalue weighted by molar-refractivity contribution is 6.31. The van der Waals surface area contributed by atoms with E-state index < -0.39 is 0 Å². The number of nitrogens with zero attached hydrogens (tertiary/aromatic N) is 2. The van der Waals surface area contributed by atoms with Gasteiger partial charge in [0.25, 0.3) is 0 Å². The zero-order valence-electron chi connectivity index (χ0n) is 12.1. The van der Waals surface area contributed by atoms with E-state index in [-0.39, 0.29) is 46.2 Å². The molecule has 3 rings (SSSR count). The van der Waals surface area contributed by atoms with E-state index in [1.807, 2.05) is 0 Å². The fourth-order valence-electron chi connectivity index (χ4n) is 4.03. The molecular formula is C14H21Cl2N2O2+. The normalized spacial score (nSPS) is 43.5. The van der Waals surface area contributed by atoms with Crippen LogP contribution < -0.4 is 0 Å². The molecule has 1 saturated heterocycles. The Kier molecular flexibility index (Phi) is 3.35. The number of carbonyl (C=O) groups excluding carboxylic acids is 2. The van der Waals surface area contributed by atoms with Crippen LogP contribution in [0.15, 0.2) is 0 Å². The first-order chi connectivity index (χ1) is 9.22. The number of fused-ring (bicyclic) bond motifs is 5. The molecule has 2 bridgehead atoms. The van der Waals surface area contributed by atoms with Gasteiger partial charge >= 0.3 is 0 Å². The molecule has 3 fully saturated rings. The van der Waals surface area contributed by atoms with Gasteiger partial charge in [0, 0.05) is 0 Å². The lowest BCUT2D eigenvalue weighted by Gasteiger charge is -2.28. The fraction of sp³-hybridized carbons (Fsp3) is 0.857. The van der Waals surface area contributed by atoms with Gasteiger partial charge in [-0.25, -0.2) is 0 Å². The van der Waals surface area contributed by atoms with Gasteiger partial charge in [0.2, 0.25) is 11.8 Å². The van der Waals surface area contributed by atoms with Crippen molar-refractivity contribution in [1.29, 1.82) is 0 Å². The molecule has 2 aliphatic carbocycles. The summed E-state index contributed by atoms with van der Waals surface area (Å²) in [5.74, 6) is -0.292. The first-order valence-electron chi connectivity index (χ1n) is 7.16. The van der Waals surface area contributed by atoms with Gasteiger partial charge in [-0.2, -0.15) is 0 Å². The van der Waals surface area contributed by atoms with Crippen molar-refractivity contribution in [3.8, 4) is 0 Å². The van der Waals surface area contributed by atoms with E-state index in [1.165, 1.54) is 4.90 Å². The molecule has 0 aromatic carbocycles. The van der Waals surface area contributed by atoms with Gasteiger partial charge in [0.15, 0.2) is 0 Å². The average molecular weight is 320 g/mol. The molecule has 3 aliphatic rings. The van der Waals surface area contributed by atoms with E-state index in [1.54, 1.807) is 0 Å². The number of alkyl halides is 2. The summed E-state index contributed by atoms with van der Waals surface area (Å²) in [5, 5.41) is -0.337. The first kappa shape index (κ1) is 14.6. The average Bonchev–Trinajstić information content (AvgIpc) is 2.92. The van der Waals surface area contributed by atoms with Crippen molar-refractivity contribution in [2.75, 3.05) is 34.2 Å². The van der Waals surface area contributed by atoms with Crippen molar-refractivity contribution in [3.63, 3.8) is 0 Å². The van der Waals surface area contributed by atoms with E-state index >= 15 is 0 Å². The number of quaternary nitrogens is 1. The zero-order valence-corrected chi connectivity index (χ0v) is 13.6. The Hall–Kier alpha value is -0.320. The molecule has 112 valence electrons. The Balaban J connectivity index is 1.79. The number of hydrogen-bond acceptors (Lipinski definition) is 2.